The number of carbonyl (C=O) groups is 2. The Bertz CT molecular complexity index is 352. The minimum Gasteiger partial charge on any atom is -0.481 e. The Morgan fingerprint density at radius 1 is 1.54 bits per heavy atom. The van der Waals surface area contributed by atoms with Crippen molar-refractivity contribution in [2.75, 3.05) is 0 Å². The Hall–Kier alpha value is -1.16. The van der Waals surface area contributed by atoms with Crippen LogP contribution in [0.2, 0.25) is 0 Å². The lowest BCUT2D eigenvalue weighted by molar-refractivity contribution is -0.136. The molecule has 1 aromatic heterocycles. The molecule has 0 saturated heterocycles. The summed E-state index contributed by atoms with van der Waals surface area (Å²) < 4.78 is 0. The van der Waals surface area contributed by atoms with E-state index in [1.54, 1.807) is 6.92 Å². The number of aldehydes is 1. The molecule has 0 aliphatic rings. The molecule has 1 aromatic rings. The van der Waals surface area contributed by atoms with E-state index in [-0.39, 0.29) is 6.42 Å². The standard InChI is InChI=1S/C9H10O3S/c1-5-7(3-9(11)12)6(2)13-8(5)4-10/h4H,3H2,1-2H3,(H,11,12). The van der Waals surface area contributed by atoms with Gasteiger partial charge in [-0.1, -0.05) is 0 Å². The first-order chi connectivity index (χ1) is 6.06. The predicted molar refractivity (Wildman–Crippen MR) is 50.5 cm³/mol. The molecular formula is C9H10O3S. The Morgan fingerprint density at radius 3 is 2.54 bits per heavy atom. The molecule has 0 saturated carbocycles. The molecule has 1 heterocycles. The smallest absolute Gasteiger partial charge is 0.307 e. The van der Waals surface area contributed by atoms with Gasteiger partial charge in [-0.15, -0.1) is 11.3 Å². The third-order valence-electron chi connectivity index (χ3n) is 1.95. The van der Waals surface area contributed by atoms with E-state index >= 15 is 0 Å². The van der Waals surface area contributed by atoms with Crippen LogP contribution in [0.5, 0.6) is 0 Å². The zero-order valence-electron chi connectivity index (χ0n) is 7.46. The number of carboxylic acids is 1. The second-order valence-corrected chi connectivity index (χ2v) is 4.07. The molecule has 13 heavy (non-hydrogen) atoms. The van der Waals surface area contributed by atoms with Crippen molar-refractivity contribution in [3.63, 3.8) is 0 Å². The van der Waals surface area contributed by atoms with Crippen LogP contribution in [-0.4, -0.2) is 17.4 Å². The number of hydrogen-bond donors (Lipinski definition) is 1. The molecule has 70 valence electrons. The summed E-state index contributed by atoms with van der Waals surface area (Å²) in [5, 5.41) is 8.61. The Kier molecular flexibility index (Phi) is 2.83. The molecule has 0 fully saturated rings. The largest absolute Gasteiger partial charge is 0.481 e. The molecular weight excluding hydrogens is 188 g/mol. The van der Waals surface area contributed by atoms with Crippen LogP contribution in [0.15, 0.2) is 0 Å². The molecule has 0 amide bonds. The number of carbonyl (C=O) groups excluding carboxylic acids is 1. The highest BCUT2D eigenvalue weighted by Crippen LogP contribution is 2.26. The number of aliphatic carboxylic acids is 1. The lowest BCUT2D eigenvalue weighted by Crippen LogP contribution is -2.01. The highest BCUT2D eigenvalue weighted by molar-refractivity contribution is 7.14. The normalized spacial score (nSPS) is 10.0. The topological polar surface area (TPSA) is 54.4 Å². The van der Waals surface area contributed by atoms with E-state index < -0.39 is 5.97 Å². The van der Waals surface area contributed by atoms with Crippen LogP contribution >= 0.6 is 11.3 Å². The summed E-state index contributed by atoms with van der Waals surface area (Å²) in [6.07, 6.45) is 0.778. The Labute approximate surface area is 80.0 Å². The van der Waals surface area contributed by atoms with Crippen LogP contribution in [0, 0.1) is 13.8 Å². The minimum absolute atomic E-state index is 0.00199. The maximum absolute atomic E-state index is 10.5. The van der Waals surface area contributed by atoms with Gasteiger partial charge in [-0.05, 0) is 25.0 Å². The van der Waals surface area contributed by atoms with Gasteiger partial charge in [-0.2, -0.15) is 0 Å². The van der Waals surface area contributed by atoms with Crippen molar-refractivity contribution >= 4 is 23.6 Å². The average Bonchev–Trinajstić information content (AvgIpc) is 2.31. The van der Waals surface area contributed by atoms with E-state index in [0.29, 0.717) is 4.88 Å². The highest BCUT2D eigenvalue weighted by atomic mass is 32.1. The summed E-state index contributed by atoms with van der Waals surface area (Å²) in [5.41, 5.74) is 1.58. The van der Waals surface area contributed by atoms with E-state index in [9.17, 15) is 9.59 Å². The molecule has 4 heteroatoms. The second-order valence-electron chi connectivity index (χ2n) is 2.81. The summed E-state index contributed by atoms with van der Waals surface area (Å²) in [6.45, 7) is 3.62. The van der Waals surface area contributed by atoms with E-state index in [0.717, 1.165) is 22.3 Å². The molecule has 0 aliphatic heterocycles. The number of rotatable bonds is 3. The molecule has 0 atom stereocenters. The zero-order chi connectivity index (χ0) is 10.0. The van der Waals surface area contributed by atoms with Gasteiger partial charge in [0.2, 0.25) is 0 Å². The molecule has 1 rings (SSSR count). The third-order valence-corrected chi connectivity index (χ3v) is 3.12. The molecule has 0 aromatic carbocycles. The van der Waals surface area contributed by atoms with Gasteiger partial charge in [0.05, 0.1) is 11.3 Å². The van der Waals surface area contributed by atoms with Gasteiger partial charge in [-0.3, -0.25) is 9.59 Å². The van der Waals surface area contributed by atoms with Crippen molar-refractivity contribution < 1.29 is 14.7 Å². The van der Waals surface area contributed by atoms with Crippen LogP contribution in [0.25, 0.3) is 0 Å². The fraction of sp³-hybridized carbons (Fsp3) is 0.333. The van der Waals surface area contributed by atoms with Gasteiger partial charge in [0.25, 0.3) is 0 Å². The average molecular weight is 198 g/mol. The van der Waals surface area contributed by atoms with Crippen molar-refractivity contribution in [1.29, 1.82) is 0 Å². The monoisotopic (exact) mass is 198 g/mol. The van der Waals surface area contributed by atoms with Gasteiger partial charge in [0.15, 0.2) is 6.29 Å². The van der Waals surface area contributed by atoms with E-state index in [1.807, 2.05) is 6.92 Å². The molecule has 0 unspecified atom stereocenters. The van der Waals surface area contributed by atoms with Gasteiger partial charge in [-0.25, -0.2) is 0 Å². The summed E-state index contributed by atoms with van der Waals surface area (Å²) in [7, 11) is 0. The van der Waals surface area contributed by atoms with Crippen molar-refractivity contribution in [2.45, 2.75) is 20.3 Å². The lowest BCUT2D eigenvalue weighted by atomic mass is 10.1. The van der Waals surface area contributed by atoms with Gasteiger partial charge in [0, 0.05) is 4.88 Å². The van der Waals surface area contributed by atoms with E-state index in [1.165, 1.54) is 11.3 Å². The third kappa shape index (κ3) is 1.95. The van der Waals surface area contributed by atoms with Crippen LogP contribution in [0.3, 0.4) is 0 Å². The Balaban J connectivity index is 3.12. The summed E-state index contributed by atoms with van der Waals surface area (Å²) in [5.74, 6) is -0.860. The number of thiophene rings is 1. The van der Waals surface area contributed by atoms with Crippen LogP contribution in [0.4, 0.5) is 0 Å². The SMILES string of the molecule is Cc1sc(C=O)c(C)c1CC(=O)O. The molecule has 1 N–H and O–H groups in total. The second kappa shape index (κ2) is 3.70. The molecule has 0 spiro atoms. The fourth-order valence-electron chi connectivity index (χ4n) is 1.24. The summed E-state index contributed by atoms with van der Waals surface area (Å²) >= 11 is 1.35. The van der Waals surface area contributed by atoms with Crippen molar-refractivity contribution in [1.82, 2.24) is 0 Å². The molecule has 0 radical (unpaired) electrons. The zero-order valence-corrected chi connectivity index (χ0v) is 8.27. The maximum atomic E-state index is 10.5. The summed E-state index contributed by atoms with van der Waals surface area (Å²) in [6, 6.07) is 0. The molecule has 0 aliphatic carbocycles. The van der Waals surface area contributed by atoms with Crippen LogP contribution in [-0.2, 0) is 11.2 Å². The van der Waals surface area contributed by atoms with Crippen molar-refractivity contribution in [3.8, 4) is 0 Å². The van der Waals surface area contributed by atoms with E-state index in [4.69, 9.17) is 5.11 Å². The first-order valence-electron chi connectivity index (χ1n) is 3.82. The number of carboxylic acid groups (broad SMARTS) is 1. The quantitative estimate of drug-likeness (QED) is 0.753. The van der Waals surface area contributed by atoms with Gasteiger partial charge in [0.1, 0.15) is 0 Å². The molecule has 0 bridgehead atoms. The Morgan fingerprint density at radius 2 is 2.15 bits per heavy atom. The number of aryl methyl sites for hydroxylation is 1. The minimum atomic E-state index is -0.860. The van der Waals surface area contributed by atoms with Gasteiger partial charge < -0.3 is 5.11 Å². The maximum Gasteiger partial charge on any atom is 0.307 e. The lowest BCUT2D eigenvalue weighted by Gasteiger charge is -1.96. The predicted octanol–water partition coefficient (Wildman–Crippen LogP) is 1.80. The summed E-state index contributed by atoms with van der Waals surface area (Å²) in [4.78, 5) is 22.6. The van der Waals surface area contributed by atoms with Crippen molar-refractivity contribution in [2.24, 2.45) is 0 Å². The first-order valence-corrected chi connectivity index (χ1v) is 4.63. The first kappa shape index (κ1) is 9.92. The van der Waals surface area contributed by atoms with Crippen molar-refractivity contribution in [3.05, 3.63) is 20.9 Å². The van der Waals surface area contributed by atoms with E-state index in [2.05, 4.69) is 0 Å². The van der Waals surface area contributed by atoms with Crippen LogP contribution in [0.1, 0.15) is 25.7 Å². The number of hydrogen-bond acceptors (Lipinski definition) is 3. The van der Waals surface area contributed by atoms with Crippen LogP contribution < -0.4 is 0 Å². The molecule has 3 nitrogen and oxygen atoms in total. The fourth-order valence-corrected chi connectivity index (χ4v) is 2.24. The van der Waals surface area contributed by atoms with Gasteiger partial charge >= 0.3 is 5.97 Å². The highest BCUT2D eigenvalue weighted by Gasteiger charge is 2.13.